The van der Waals surface area contributed by atoms with Gasteiger partial charge in [-0.2, -0.15) is 0 Å². The number of hydrogen-bond acceptors (Lipinski definition) is 2. The lowest BCUT2D eigenvalue weighted by Crippen LogP contribution is -2.05. The van der Waals surface area contributed by atoms with E-state index < -0.39 is 0 Å². The van der Waals surface area contributed by atoms with E-state index in [0.29, 0.717) is 0 Å². The average molecular weight is 218 g/mol. The van der Waals surface area contributed by atoms with Gasteiger partial charge in [0.2, 0.25) is 0 Å². The molecule has 0 bridgehead atoms. The highest BCUT2D eigenvalue weighted by Crippen LogP contribution is 2.11. The molecule has 86 valence electrons. The second-order valence-corrected chi connectivity index (χ2v) is 3.89. The number of imidazole rings is 1. The largest absolute Gasteiger partial charge is 0.380 e. The number of para-hydroxylation sites is 2. The Hall–Kier alpha value is -1.35. The normalized spacial score (nSPS) is 11.1. The number of rotatable bonds is 6. The van der Waals surface area contributed by atoms with E-state index in [1.165, 1.54) is 11.9 Å². The molecule has 1 aromatic carbocycles. The number of benzene rings is 1. The lowest BCUT2D eigenvalue weighted by Gasteiger charge is -2.05. The number of fused-ring (bicyclic) bond motifs is 1. The van der Waals surface area contributed by atoms with Crippen LogP contribution < -0.4 is 0 Å². The Morgan fingerprint density at radius 3 is 3.00 bits per heavy atom. The maximum atomic E-state index is 5.55. The first-order valence-electron chi connectivity index (χ1n) is 5.89. The molecule has 0 aliphatic rings. The van der Waals surface area contributed by atoms with Gasteiger partial charge in [-0.15, -0.1) is 0 Å². The Balaban J connectivity index is 1.89. The topological polar surface area (TPSA) is 27.1 Å². The molecule has 16 heavy (non-hydrogen) atoms. The predicted octanol–water partition coefficient (Wildman–Crippen LogP) is 2.85. The van der Waals surface area contributed by atoms with Crippen LogP contribution in [-0.2, 0) is 11.3 Å². The maximum Gasteiger partial charge on any atom is 0.0959 e. The summed E-state index contributed by atoms with van der Waals surface area (Å²) in [7, 11) is 0. The Labute approximate surface area is 96.1 Å². The summed E-state index contributed by atoms with van der Waals surface area (Å²) in [4.78, 5) is 4.34. The Morgan fingerprint density at radius 1 is 1.25 bits per heavy atom. The monoisotopic (exact) mass is 218 g/mol. The fraction of sp³-hybridized carbons (Fsp3) is 0.462. The van der Waals surface area contributed by atoms with Crippen molar-refractivity contribution in [1.82, 2.24) is 9.55 Å². The fourth-order valence-electron chi connectivity index (χ4n) is 1.70. The minimum Gasteiger partial charge on any atom is -0.380 e. The molecule has 0 aliphatic carbocycles. The van der Waals surface area contributed by atoms with Gasteiger partial charge in [0.15, 0.2) is 0 Å². The molecule has 0 saturated carbocycles. The summed E-state index contributed by atoms with van der Waals surface area (Å²) >= 11 is 0. The van der Waals surface area contributed by atoms with Gasteiger partial charge in [-0.25, -0.2) is 4.98 Å². The van der Waals surface area contributed by atoms with Crippen molar-refractivity contribution in [3.05, 3.63) is 30.6 Å². The summed E-state index contributed by atoms with van der Waals surface area (Å²) in [6.45, 7) is 4.68. The predicted molar refractivity (Wildman–Crippen MR) is 65.5 cm³/mol. The first-order valence-corrected chi connectivity index (χ1v) is 5.89. The van der Waals surface area contributed by atoms with Crippen LogP contribution in [0.4, 0.5) is 0 Å². The molecule has 0 atom stereocenters. The first kappa shape index (κ1) is 11.1. The van der Waals surface area contributed by atoms with Crippen molar-refractivity contribution in [1.29, 1.82) is 0 Å². The third kappa shape index (κ3) is 2.61. The fourth-order valence-corrected chi connectivity index (χ4v) is 1.70. The highest BCUT2D eigenvalue weighted by molar-refractivity contribution is 5.74. The molecule has 0 N–H and O–H groups in total. The second kappa shape index (κ2) is 5.66. The van der Waals surface area contributed by atoms with Gasteiger partial charge >= 0.3 is 0 Å². The van der Waals surface area contributed by atoms with Gasteiger partial charge in [-0.05, 0) is 18.6 Å². The van der Waals surface area contributed by atoms with Crippen molar-refractivity contribution >= 4 is 11.0 Å². The molecule has 0 radical (unpaired) electrons. The molecule has 0 unspecified atom stereocenters. The van der Waals surface area contributed by atoms with E-state index in [-0.39, 0.29) is 0 Å². The number of hydrogen-bond donors (Lipinski definition) is 0. The van der Waals surface area contributed by atoms with E-state index in [1.807, 2.05) is 24.5 Å². The molecule has 3 heteroatoms. The van der Waals surface area contributed by atoms with E-state index in [4.69, 9.17) is 4.74 Å². The summed E-state index contributed by atoms with van der Waals surface area (Å²) in [5.41, 5.74) is 2.23. The zero-order valence-corrected chi connectivity index (χ0v) is 9.72. The van der Waals surface area contributed by atoms with Crippen LogP contribution in [0.15, 0.2) is 30.6 Å². The van der Waals surface area contributed by atoms with Gasteiger partial charge in [0.25, 0.3) is 0 Å². The lowest BCUT2D eigenvalue weighted by atomic mass is 10.3. The molecular formula is C13H18N2O. The Morgan fingerprint density at radius 2 is 2.12 bits per heavy atom. The lowest BCUT2D eigenvalue weighted by molar-refractivity contribution is 0.124. The van der Waals surface area contributed by atoms with Gasteiger partial charge in [0.1, 0.15) is 0 Å². The zero-order chi connectivity index (χ0) is 11.2. The third-order valence-corrected chi connectivity index (χ3v) is 2.65. The Kier molecular flexibility index (Phi) is 3.94. The van der Waals surface area contributed by atoms with Crippen LogP contribution in [0, 0.1) is 0 Å². The highest BCUT2D eigenvalue weighted by atomic mass is 16.5. The van der Waals surface area contributed by atoms with E-state index >= 15 is 0 Å². The van der Waals surface area contributed by atoms with Crippen LogP contribution in [0.2, 0.25) is 0 Å². The van der Waals surface area contributed by atoms with Gasteiger partial charge < -0.3 is 9.30 Å². The standard InChI is InChI=1S/C13H18N2O/c1-2-3-9-16-10-8-15-11-14-12-6-4-5-7-13(12)15/h4-7,11H,2-3,8-10H2,1H3. The van der Waals surface area contributed by atoms with Crippen molar-refractivity contribution in [2.45, 2.75) is 26.3 Å². The minimum atomic E-state index is 0.764. The quantitative estimate of drug-likeness (QED) is 0.697. The van der Waals surface area contributed by atoms with E-state index in [0.717, 1.165) is 31.7 Å². The van der Waals surface area contributed by atoms with Gasteiger partial charge in [0, 0.05) is 13.2 Å². The molecule has 3 nitrogen and oxygen atoms in total. The van der Waals surface area contributed by atoms with Gasteiger partial charge in [0.05, 0.1) is 24.0 Å². The molecule has 0 saturated heterocycles. The summed E-state index contributed by atoms with van der Waals surface area (Å²) in [6.07, 6.45) is 4.21. The summed E-state index contributed by atoms with van der Waals surface area (Å²) < 4.78 is 7.69. The van der Waals surface area contributed by atoms with Gasteiger partial charge in [-0.1, -0.05) is 25.5 Å². The maximum absolute atomic E-state index is 5.55. The summed E-state index contributed by atoms with van der Waals surface area (Å²) in [6, 6.07) is 8.17. The first-order chi connectivity index (χ1) is 7.92. The second-order valence-electron chi connectivity index (χ2n) is 3.89. The minimum absolute atomic E-state index is 0.764. The number of ether oxygens (including phenoxy) is 1. The molecule has 1 heterocycles. The van der Waals surface area contributed by atoms with Crippen molar-refractivity contribution in [3.8, 4) is 0 Å². The molecule has 1 aromatic heterocycles. The molecule has 0 aliphatic heterocycles. The molecular weight excluding hydrogens is 200 g/mol. The van der Waals surface area contributed by atoms with Crippen LogP contribution in [0.5, 0.6) is 0 Å². The summed E-state index contributed by atoms with van der Waals surface area (Å²) in [5.74, 6) is 0. The van der Waals surface area contributed by atoms with Crippen LogP contribution in [0.25, 0.3) is 11.0 Å². The molecule has 0 spiro atoms. The summed E-state index contributed by atoms with van der Waals surface area (Å²) in [5, 5.41) is 0. The molecule has 0 amide bonds. The van der Waals surface area contributed by atoms with Crippen LogP contribution in [-0.4, -0.2) is 22.8 Å². The molecule has 0 fully saturated rings. The van der Waals surface area contributed by atoms with E-state index in [2.05, 4.69) is 22.5 Å². The number of aromatic nitrogens is 2. The molecule has 2 aromatic rings. The van der Waals surface area contributed by atoms with Crippen molar-refractivity contribution < 1.29 is 4.74 Å². The zero-order valence-electron chi connectivity index (χ0n) is 9.72. The number of unbranched alkanes of at least 4 members (excludes halogenated alkanes) is 1. The van der Waals surface area contributed by atoms with Crippen molar-refractivity contribution in [2.75, 3.05) is 13.2 Å². The SMILES string of the molecule is CCCCOCCn1cnc2ccccc21. The Bertz CT molecular complexity index is 436. The van der Waals surface area contributed by atoms with Crippen LogP contribution in [0.3, 0.4) is 0 Å². The molecule has 2 rings (SSSR count). The van der Waals surface area contributed by atoms with Crippen LogP contribution >= 0.6 is 0 Å². The third-order valence-electron chi connectivity index (χ3n) is 2.65. The average Bonchev–Trinajstić information content (AvgIpc) is 2.73. The van der Waals surface area contributed by atoms with Crippen molar-refractivity contribution in [3.63, 3.8) is 0 Å². The van der Waals surface area contributed by atoms with E-state index in [9.17, 15) is 0 Å². The smallest absolute Gasteiger partial charge is 0.0959 e. The van der Waals surface area contributed by atoms with Gasteiger partial charge in [-0.3, -0.25) is 0 Å². The number of nitrogens with zero attached hydrogens (tertiary/aromatic N) is 2. The van der Waals surface area contributed by atoms with Crippen LogP contribution in [0.1, 0.15) is 19.8 Å². The highest BCUT2D eigenvalue weighted by Gasteiger charge is 2.00. The van der Waals surface area contributed by atoms with E-state index in [1.54, 1.807) is 0 Å². The van der Waals surface area contributed by atoms with Crippen molar-refractivity contribution in [2.24, 2.45) is 0 Å².